The number of nitrogens with one attached hydrogen (secondary N) is 2. The molecule has 0 aliphatic rings. The lowest BCUT2D eigenvalue weighted by Crippen LogP contribution is -2.28. The zero-order valence-electron chi connectivity index (χ0n) is 13.7. The van der Waals surface area contributed by atoms with Crippen LogP contribution in [0.15, 0.2) is 53.1 Å². The molecule has 0 aliphatic heterocycles. The minimum absolute atomic E-state index is 0.181. The normalized spacial score (nSPS) is 10.4. The van der Waals surface area contributed by atoms with Crippen molar-refractivity contribution in [3.63, 3.8) is 0 Å². The number of ether oxygens (including phenoxy) is 1. The van der Waals surface area contributed by atoms with Gasteiger partial charge in [-0.2, -0.15) is 0 Å². The summed E-state index contributed by atoms with van der Waals surface area (Å²) in [4.78, 5) is 25.7. The van der Waals surface area contributed by atoms with E-state index in [-0.39, 0.29) is 18.1 Å². The first-order valence-corrected chi connectivity index (χ1v) is 8.81. The number of amides is 2. The number of halogens is 1. The fourth-order valence-corrected chi connectivity index (χ4v) is 3.30. The van der Waals surface area contributed by atoms with Crippen LogP contribution in [0.2, 0.25) is 5.02 Å². The molecule has 6 nitrogen and oxygen atoms in total. The van der Waals surface area contributed by atoms with Gasteiger partial charge in [-0.1, -0.05) is 11.6 Å². The van der Waals surface area contributed by atoms with Crippen LogP contribution in [0.25, 0.3) is 0 Å². The van der Waals surface area contributed by atoms with Crippen molar-refractivity contribution in [3.05, 3.63) is 69.3 Å². The molecular weight excluding hydrogens is 376 g/mol. The van der Waals surface area contributed by atoms with Crippen molar-refractivity contribution in [1.29, 1.82) is 0 Å². The molecule has 3 aromatic rings. The van der Waals surface area contributed by atoms with E-state index in [1.165, 1.54) is 24.7 Å². The van der Waals surface area contributed by atoms with Gasteiger partial charge in [-0.3, -0.25) is 4.79 Å². The summed E-state index contributed by atoms with van der Waals surface area (Å²) in [6, 6.07) is 11.3. The van der Waals surface area contributed by atoms with Crippen molar-refractivity contribution in [3.8, 4) is 5.75 Å². The van der Waals surface area contributed by atoms with E-state index in [1.807, 2.05) is 0 Å². The van der Waals surface area contributed by atoms with Gasteiger partial charge in [0.1, 0.15) is 5.75 Å². The highest BCUT2D eigenvalue weighted by molar-refractivity contribution is 7.14. The number of thiophene rings is 1. The Balaban J connectivity index is 1.59. The Hall–Kier alpha value is -2.77. The summed E-state index contributed by atoms with van der Waals surface area (Å²) in [5.74, 6) is 0.614. The Morgan fingerprint density at radius 3 is 2.81 bits per heavy atom. The number of urea groups is 1. The highest BCUT2D eigenvalue weighted by atomic mass is 35.5. The van der Waals surface area contributed by atoms with Gasteiger partial charge in [0.05, 0.1) is 30.5 Å². The van der Waals surface area contributed by atoms with Gasteiger partial charge in [-0.25, -0.2) is 4.79 Å². The molecule has 0 atom stereocenters. The molecule has 0 saturated carbocycles. The molecule has 0 unspecified atom stereocenters. The first-order chi connectivity index (χ1) is 12.6. The summed E-state index contributed by atoms with van der Waals surface area (Å²) in [5.41, 5.74) is 0.470. The standard InChI is InChI=1S/C18H15ClN2O4S/c1-24-14-6-4-11(19)9-13(14)21-18(23)20-10-12-5-7-16(26-12)17(22)15-3-2-8-25-15/h2-9H,10H2,1H3,(H2,20,21,23). The lowest BCUT2D eigenvalue weighted by Gasteiger charge is -2.11. The average Bonchev–Trinajstić information content (AvgIpc) is 3.31. The summed E-state index contributed by atoms with van der Waals surface area (Å²) < 4.78 is 10.3. The van der Waals surface area contributed by atoms with E-state index in [0.717, 1.165) is 4.88 Å². The summed E-state index contributed by atoms with van der Waals surface area (Å²) in [7, 11) is 1.51. The molecule has 2 heterocycles. The molecule has 0 radical (unpaired) electrons. The second kappa shape index (κ2) is 8.07. The van der Waals surface area contributed by atoms with Crippen LogP contribution in [0.5, 0.6) is 5.75 Å². The SMILES string of the molecule is COc1ccc(Cl)cc1NC(=O)NCc1ccc(C(=O)c2ccco2)s1. The summed E-state index contributed by atoms with van der Waals surface area (Å²) in [6.07, 6.45) is 1.46. The lowest BCUT2D eigenvalue weighted by atomic mass is 10.2. The van der Waals surface area contributed by atoms with Crippen LogP contribution in [0.4, 0.5) is 10.5 Å². The third-order valence-electron chi connectivity index (χ3n) is 3.46. The van der Waals surface area contributed by atoms with Crippen LogP contribution >= 0.6 is 22.9 Å². The lowest BCUT2D eigenvalue weighted by molar-refractivity contribution is 0.101. The number of furan rings is 1. The largest absolute Gasteiger partial charge is 0.495 e. The van der Waals surface area contributed by atoms with Crippen molar-refractivity contribution in [2.45, 2.75) is 6.54 Å². The fraction of sp³-hybridized carbons (Fsp3) is 0.111. The Labute approximate surface area is 158 Å². The monoisotopic (exact) mass is 390 g/mol. The van der Waals surface area contributed by atoms with E-state index in [4.69, 9.17) is 20.8 Å². The maximum absolute atomic E-state index is 12.2. The predicted octanol–water partition coefficient (Wildman–Crippen LogP) is 4.56. The van der Waals surface area contributed by atoms with Gasteiger partial charge in [0.15, 0.2) is 5.76 Å². The van der Waals surface area contributed by atoms with E-state index < -0.39 is 6.03 Å². The van der Waals surface area contributed by atoms with Crippen molar-refractivity contribution in [2.24, 2.45) is 0 Å². The van der Waals surface area contributed by atoms with Gasteiger partial charge < -0.3 is 19.8 Å². The third kappa shape index (κ3) is 4.25. The van der Waals surface area contributed by atoms with Gasteiger partial charge in [0.2, 0.25) is 5.78 Å². The maximum atomic E-state index is 12.2. The van der Waals surface area contributed by atoms with Gasteiger partial charge in [-0.05, 0) is 42.5 Å². The topological polar surface area (TPSA) is 80.6 Å². The van der Waals surface area contributed by atoms with E-state index in [0.29, 0.717) is 21.3 Å². The zero-order valence-corrected chi connectivity index (χ0v) is 15.3. The summed E-state index contributed by atoms with van der Waals surface area (Å²) in [5, 5.41) is 5.91. The molecule has 8 heteroatoms. The van der Waals surface area contributed by atoms with Crippen LogP contribution in [0, 0.1) is 0 Å². The number of hydrogen-bond donors (Lipinski definition) is 2. The first-order valence-electron chi connectivity index (χ1n) is 7.62. The van der Waals surface area contributed by atoms with Crippen LogP contribution in [-0.2, 0) is 6.54 Å². The van der Waals surface area contributed by atoms with Crippen LogP contribution in [0.3, 0.4) is 0 Å². The molecule has 26 heavy (non-hydrogen) atoms. The molecule has 134 valence electrons. The number of hydrogen-bond acceptors (Lipinski definition) is 5. The molecule has 3 rings (SSSR count). The number of ketones is 1. The fourth-order valence-electron chi connectivity index (χ4n) is 2.24. The Bertz CT molecular complexity index is 921. The summed E-state index contributed by atoms with van der Waals surface area (Å²) >= 11 is 7.24. The minimum Gasteiger partial charge on any atom is -0.495 e. The highest BCUT2D eigenvalue weighted by Gasteiger charge is 2.15. The number of carbonyl (C=O) groups excluding carboxylic acids is 2. The van der Waals surface area contributed by atoms with Gasteiger partial charge in [0, 0.05) is 9.90 Å². The second-order valence-electron chi connectivity index (χ2n) is 5.22. The number of methoxy groups -OCH3 is 1. The number of anilines is 1. The quantitative estimate of drug-likeness (QED) is 0.605. The second-order valence-corrected chi connectivity index (χ2v) is 6.83. The average molecular weight is 391 g/mol. The van der Waals surface area contributed by atoms with E-state index in [1.54, 1.807) is 42.5 Å². The zero-order chi connectivity index (χ0) is 18.5. The molecule has 0 aliphatic carbocycles. The number of rotatable bonds is 6. The molecule has 2 amide bonds. The Morgan fingerprint density at radius 1 is 1.23 bits per heavy atom. The van der Waals surface area contributed by atoms with E-state index in [2.05, 4.69) is 10.6 Å². The van der Waals surface area contributed by atoms with Crippen molar-refractivity contribution >= 4 is 40.4 Å². The van der Waals surface area contributed by atoms with Crippen LogP contribution in [-0.4, -0.2) is 18.9 Å². The van der Waals surface area contributed by atoms with Crippen molar-refractivity contribution < 1.29 is 18.7 Å². The van der Waals surface area contributed by atoms with Gasteiger partial charge >= 0.3 is 6.03 Å². The molecule has 0 fully saturated rings. The first kappa shape index (κ1) is 18.0. The Kier molecular flexibility index (Phi) is 5.60. The number of benzene rings is 1. The van der Waals surface area contributed by atoms with Crippen molar-refractivity contribution in [2.75, 3.05) is 12.4 Å². The minimum atomic E-state index is -0.405. The Morgan fingerprint density at radius 2 is 2.08 bits per heavy atom. The predicted molar refractivity (Wildman–Crippen MR) is 100 cm³/mol. The summed E-state index contributed by atoms with van der Waals surface area (Å²) in [6.45, 7) is 0.283. The molecule has 2 aromatic heterocycles. The molecule has 0 bridgehead atoms. The molecule has 0 spiro atoms. The van der Waals surface area contributed by atoms with Crippen LogP contribution in [0.1, 0.15) is 20.3 Å². The molecule has 2 N–H and O–H groups in total. The van der Waals surface area contributed by atoms with Crippen LogP contribution < -0.4 is 15.4 Å². The smallest absolute Gasteiger partial charge is 0.319 e. The van der Waals surface area contributed by atoms with Crippen molar-refractivity contribution in [1.82, 2.24) is 5.32 Å². The van der Waals surface area contributed by atoms with E-state index >= 15 is 0 Å². The molecule has 0 saturated heterocycles. The van der Waals surface area contributed by atoms with Gasteiger partial charge in [0.25, 0.3) is 0 Å². The maximum Gasteiger partial charge on any atom is 0.319 e. The number of carbonyl (C=O) groups is 2. The van der Waals surface area contributed by atoms with Gasteiger partial charge in [-0.15, -0.1) is 11.3 Å². The molecule has 1 aromatic carbocycles. The molecular formula is C18H15ClN2O4S. The van der Waals surface area contributed by atoms with E-state index in [9.17, 15) is 9.59 Å². The third-order valence-corrected chi connectivity index (χ3v) is 4.78. The highest BCUT2D eigenvalue weighted by Crippen LogP contribution is 2.27.